The quantitative estimate of drug-likeness (QED) is 0.300. The fourth-order valence-electron chi connectivity index (χ4n) is 0.932. The minimum absolute atomic E-state index is 0.747. The Kier molecular flexibility index (Phi) is 5.46. The van der Waals surface area contributed by atoms with Crippen LogP contribution >= 0.6 is 0 Å². The Labute approximate surface area is 88.5 Å². The average Bonchev–Trinajstić information content (AvgIpc) is 2.03. The smallest absolute Gasteiger partial charge is 0.243 e. The van der Waals surface area contributed by atoms with Crippen LogP contribution in [0.5, 0.6) is 0 Å². The Bertz CT molecular complexity index is 249. The maximum atomic E-state index is 5.69. The third-order valence-corrected chi connectivity index (χ3v) is 2.44. The van der Waals surface area contributed by atoms with Crippen molar-refractivity contribution < 1.29 is 4.43 Å². The Morgan fingerprint density at radius 1 is 1.43 bits per heavy atom. The van der Waals surface area contributed by atoms with Crippen molar-refractivity contribution >= 4 is 14.2 Å². The highest BCUT2D eigenvalue weighted by Crippen LogP contribution is 2.05. The van der Waals surface area contributed by atoms with Gasteiger partial charge in [0, 0.05) is 13.1 Å². The predicted molar refractivity (Wildman–Crippen MR) is 66.1 cm³/mol. The Balaban J connectivity index is 4.38. The summed E-state index contributed by atoms with van der Waals surface area (Å²) < 4.78 is 5.69. The molecule has 0 bridgehead atoms. The van der Waals surface area contributed by atoms with E-state index < -0.39 is 8.32 Å². The molecule has 0 aliphatic rings. The second kappa shape index (κ2) is 5.80. The number of allylic oxidation sites excluding steroid dienone is 2. The summed E-state index contributed by atoms with van der Waals surface area (Å²) in [5.41, 5.74) is 1.13. The molecular weight excluding hydrogens is 190 g/mol. The van der Waals surface area contributed by atoms with Crippen molar-refractivity contribution in [1.82, 2.24) is 0 Å². The molecule has 0 aromatic carbocycles. The molecule has 0 amide bonds. The van der Waals surface area contributed by atoms with Gasteiger partial charge in [-0.25, -0.2) is 4.99 Å². The van der Waals surface area contributed by atoms with Gasteiger partial charge < -0.3 is 4.43 Å². The maximum absolute atomic E-state index is 5.69. The summed E-state index contributed by atoms with van der Waals surface area (Å²) in [7, 11) is -1.50. The van der Waals surface area contributed by atoms with Crippen LogP contribution in [0, 0.1) is 0 Å². The van der Waals surface area contributed by atoms with Crippen molar-refractivity contribution in [3.63, 3.8) is 0 Å². The molecule has 0 aliphatic heterocycles. The van der Waals surface area contributed by atoms with Crippen LogP contribution in [0.1, 0.15) is 20.3 Å². The van der Waals surface area contributed by atoms with Crippen LogP contribution in [-0.2, 0) is 4.43 Å². The first kappa shape index (κ1) is 13.2. The minimum atomic E-state index is -1.50. The van der Waals surface area contributed by atoms with Crippen molar-refractivity contribution in [2.45, 2.75) is 39.9 Å². The predicted octanol–water partition coefficient (Wildman–Crippen LogP) is 3.74. The van der Waals surface area contributed by atoms with Crippen LogP contribution < -0.4 is 0 Å². The van der Waals surface area contributed by atoms with Crippen LogP contribution in [-0.4, -0.2) is 14.2 Å². The van der Waals surface area contributed by atoms with Crippen LogP contribution in [0.2, 0.25) is 19.6 Å². The fraction of sp³-hybridized carbons (Fsp3) is 0.545. The van der Waals surface area contributed by atoms with Gasteiger partial charge >= 0.3 is 0 Å². The van der Waals surface area contributed by atoms with Crippen molar-refractivity contribution in [2.75, 3.05) is 0 Å². The van der Waals surface area contributed by atoms with Crippen molar-refractivity contribution in [1.29, 1.82) is 0 Å². The van der Waals surface area contributed by atoms with Crippen molar-refractivity contribution in [3.05, 3.63) is 24.4 Å². The van der Waals surface area contributed by atoms with E-state index in [0.29, 0.717) is 0 Å². The lowest BCUT2D eigenvalue weighted by molar-refractivity contribution is 0.547. The van der Waals surface area contributed by atoms with Gasteiger partial charge in [0.1, 0.15) is 0 Å². The van der Waals surface area contributed by atoms with E-state index in [1.54, 1.807) is 0 Å². The van der Waals surface area contributed by atoms with Crippen molar-refractivity contribution in [2.24, 2.45) is 4.99 Å². The summed E-state index contributed by atoms with van der Waals surface area (Å²) in [5, 5.41) is 0. The largest absolute Gasteiger partial charge is 0.535 e. The molecule has 0 saturated heterocycles. The van der Waals surface area contributed by atoms with Gasteiger partial charge in [-0.15, -0.1) is 0 Å². The van der Waals surface area contributed by atoms with Gasteiger partial charge in [-0.05, 0) is 31.6 Å². The van der Waals surface area contributed by atoms with E-state index in [2.05, 4.69) is 38.1 Å². The third kappa shape index (κ3) is 6.66. The summed E-state index contributed by atoms with van der Waals surface area (Å²) in [4.78, 5) is 4.25. The second-order valence-electron chi connectivity index (χ2n) is 4.12. The molecule has 0 spiro atoms. The number of rotatable bonds is 4. The fourth-order valence-corrected chi connectivity index (χ4v) is 1.87. The van der Waals surface area contributed by atoms with E-state index >= 15 is 0 Å². The average molecular weight is 211 g/mol. The molecule has 3 heteroatoms. The standard InChI is InChI=1S/C11H21NOSi/c1-7-11(8-2)9-12-10(3)13-14(4,5)6/h7,9H,1,8H2,2-6H3. The summed E-state index contributed by atoms with van der Waals surface area (Å²) in [6.07, 6.45) is 4.60. The molecule has 0 radical (unpaired) electrons. The Morgan fingerprint density at radius 2 is 2.00 bits per heavy atom. The van der Waals surface area contributed by atoms with E-state index in [-0.39, 0.29) is 0 Å². The van der Waals surface area contributed by atoms with Gasteiger partial charge in [0.15, 0.2) is 5.90 Å². The molecular formula is C11H21NOSi. The number of hydrogen-bond donors (Lipinski definition) is 0. The zero-order chi connectivity index (χ0) is 11.2. The van der Waals surface area contributed by atoms with E-state index in [4.69, 9.17) is 4.43 Å². The van der Waals surface area contributed by atoms with Gasteiger partial charge in [0.05, 0.1) is 0 Å². The third-order valence-electron chi connectivity index (χ3n) is 1.54. The highest BCUT2D eigenvalue weighted by molar-refractivity contribution is 6.71. The summed E-state index contributed by atoms with van der Waals surface area (Å²) in [6.45, 7) is 14.1. The molecule has 0 heterocycles. The molecule has 0 rings (SSSR count). The zero-order valence-corrected chi connectivity index (χ0v) is 10.9. The lowest BCUT2D eigenvalue weighted by Crippen LogP contribution is -2.27. The van der Waals surface area contributed by atoms with E-state index in [0.717, 1.165) is 17.9 Å². The highest BCUT2D eigenvalue weighted by Gasteiger charge is 2.15. The second-order valence-corrected chi connectivity index (χ2v) is 8.55. The summed E-state index contributed by atoms with van der Waals surface area (Å²) in [6, 6.07) is 0. The first-order chi connectivity index (χ1) is 6.39. The minimum Gasteiger partial charge on any atom is -0.535 e. The lowest BCUT2D eigenvalue weighted by Gasteiger charge is -2.17. The zero-order valence-electron chi connectivity index (χ0n) is 9.92. The van der Waals surface area contributed by atoms with E-state index in [9.17, 15) is 0 Å². The van der Waals surface area contributed by atoms with Crippen LogP contribution in [0.4, 0.5) is 0 Å². The van der Waals surface area contributed by atoms with Crippen LogP contribution in [0.25, 0.3) is 0 Å². The normalized spacial score (nSPS) is 14.1. The molecule has 2 nitrogen and oxygen atoms in total. The SMILES string of the molecule is C=CC(=CN=C(C)O[Si](C)(C)C)CC. The highest BCUT2D eigenvalue weighted by atomic mass is 28.4. The van der Waals surface area contributed by atoms with E-state index in [1.165, 1.54) is 0 Å². The Hall–Kier alpha value is -0.833. The summed E-state index contributed by atoms with van der Waals surface area (Å²) >= 11 is 0. The Morgan fingerprint density at radius 3 is 2.36 bits per heavy atom. The molecule has 0 aromatic heterocycles. The number of hydrogen-bond acceptors (Lipinski definition) is 2. The molecule has 0 atom stereocenters. The van der Waals surface area contributed by atoms with Crippen molar-refractivity contribution in [3.8, 4) is 0 Å². The monoisotopic (exact) mass is 211 g/mol. The first-order valence-electron chi connectivity index (χ1n) is 4.94. The van der Waals surface area contributed by atoms with Gasteiger partial charge in [0.25, 0.3) is 0 Å². The van der Waals surface area contributed by atoms with Gasteiger partial charge in [0.2, 0.25) is 8.32 Å². The lowest BCUT2D eigenvalue weighted by atomic mass is 10.2. The first-order valence-corrected chi connectivity index (χ1v) is 8.34. The van der Waals surface area contributed by atoms with Gasteiger partial charge in [-0.3, -0.25) is 0 Å². The number of nitrogens with zero attached hydrogens (tertiary/aromatic N) is 1. The number of aliphatic imine (C=N–C) groups is 1. The van der Waals surface area contributed by atoms with Crippen LogP contribution in [0.3, 0.4) is 0 Å². The van der Waals surface area contributed by atoms with Gasteiger partial charge in [-0.1, -0.05) is 19.6 Å². The van der Waals surface area contributed by atoms with Gasteiger partial charge in [-0.2, -0.15) is 0 Å². The van der Waals surface area contributed by atoms with Crippen LogP contribution in [0.15, 0.2) is 29.4 Å². The molecule has 0 aliphatic carbocycles. The molecule has 80 valence electrons. The molecule has 0 aromatic rings. The summed E-state index contributed by atoms with van der Waals surface area (Å²) in [5.74, 6) is 0.747. The molecule has 0 N–H and O–H groups in total. The molecule has 14 heavy (non-hydrogen) atoms. The topological polar surface area (TPSA) is 21.6 Å². The maximum Gasteiger partial charge on any atom is 0.243 e. The molecule has 0 fully saturated rings. The molecule has 0 saturated carbocycles. The van der Waals surface area contributed by atoms with E-state index in [1.807, 2.05) is 19.2 Å². The molecule has 0 unspecified atom stereocenters.